The topological polar surface area (TPSA) is 88.1 Å². The molecule has 0 aromatic heterocycles. The fourth-order valence-electron chi connectivity index (χ4n) is 2.75. The Hall–Kier alpha value is -2.28. The van der Waals surface area contributed by atoms with Gasteiger partial charge < -0.3 is 24.8 Å². The molecule has 1 aromatic carbocycles. The number of carbonyl (C=O) groups is 2. The molecule has 1 aliphatic rings. The molecular weight excluding hydrogens is 336 g/mol. The van der Waals surface area contributed by atoms with Gasteiger partial charge >= 0.3 is 12.2 Å². The highest BCUT2D eigenvalue weighted by Crippen LogP contribution is 2.22. The van der Waals surface area contributed by atoms with Crippen LogP contribution in [-0.4, -0.2) is 53.5 Å². The van der Waals surface area contributed by atoms with E-state index in [9.17, 15) is 14.7 Å². The van der Waals surface area contributed by atoms with Gasteiger partial charge in [-0.3, -0.25) is 0 Å². The highest BCUT2D eigenvalue weighted by atomic mass is 16.6. The maximum Gasteiger partial charge on any atom is 0.410 e. The number of aliphatic hydroxyl groups is 1. The van der Waals surface area contributed by atoms with Crippen LogP contribution in [0.4, 0.5) is 9.59 Å². The van der Waals surface area contributed by atoms with Crippen molar-refractivity contribution in [3.05, 3.63) is 35.9 Å². The third kappa shape index (κ3) is 6.55. The van der Waals surface area contributed by atoms with Crippen LogP contribution in [0, 0.1) is 5.92 Å². The maximum atomic E-state index is 12.1. The molecule has 0 bridgehead atoms. The molecule has 2 N–H and O–H groups in total. The average molecular weight is 364 g/mol. The summed E-state index contributed by atoms with van der Waals surface area (Å²) in [6.07, 6.45) is -0.981. The van der Waals surface area contributed by atoms with Gasteiger partial charge in [0.1, 0.15) is 12.2 Å². The highest BCUT2D eigenvalue weighted by Gasteiger charge is 2.35. The molecule has 0 radical (unpaired) electrons. The van der Waals surface area contributed by atoms with Gasteiger partial charge in [-0.2, -0.15) is 0 Å². The zero-order valence-corrected chi connectivity index (χ0v) is 15.6. The van der Waals surface area contributed by atoms with Gasteiger partial charge in [-0.05, 0) is 32.8 Å². The number of aliphatic hydroxyl groups excluding tert-OH is 1. The van der Waals surface area contributed by atoms with Gasteiger partial charge in [-0.1, -0.05) is 30.3 Å². The summed E-state index contributed by atoms with van der Waals surface area (Å²) >= 11 is 0. The molecule has 1 heterocycles. The molecule has 0 aliphatic carbocycles. The summed E-state index contributed by atoms with van der Waals surface area (Å²) in [5.41, 5.74) is 0.353. The minimum atomic E-state index is -0.621. The van der Waals surface area contributed by atoms with Crippen molar-refractivity contribution in [2.45, 2.75) is 45.5 Å². The standard InChI is InChI=1S/C19H28N2O5/c1-19(2,3)26-18(24)21-11-15(16(22)12-21)9-10-20-17(23)25-13-14-7-5-4-6-8-14/h4-8,15-16,22H,9-13H2,1-3H3,(H,20,23)/t15-,16-/m0/s1. The first-order valence-corrected chi connectivity index (χ1v) is 8.85. The summed E-state index contributed by atoms with van der Waals surface area (Å²) in [7, 11) is 0. The van der Waals surface area contributed by atoms with E-state index in [1.54, 1.807) is 20.8 Å². The highest BCUT2D eigenvalue weighted by molar-refractivity contribution is 5.68. The van der Waals surface area contributed by atoms with E-state index in [2.05, 4.69) is 5.32 Å². The van der Waals surface area contributed by atoms with Crippen LogP contribution in [0.15, 0.2) is 30.3 Å². The van der Waals surface area contributed by atoms with Crippen LogP contribution in [0.3, 0.4) is 0 Å². The molecule has 1 fully saturated rings. The first kappa shape index (κ1) is 20.0. The SMILES string of the molecule is CC(C)(C)OC(=O)N1C[C@H](CCNC(=O)OCc2ccccc2)[C@@H](O)C1. The van der Waals surface area contributed by atoms with Gasteiger partial charge in [0.2, 0.25) is 0 Å². The Balaban J connectivity index is 1.67. The quantitative estimate of drug-likeness (QED) is 0.838. The van der Waals surface area contributed by atoms with Crippen molar-refractivity contribution in [2.24, 2.45) is 5.92 Å². The summed E-state index contributed by atoms with van der Waals surface area (Å²) in [4.78, 5) is 25.3. The van der Waals surface area contributed by atoms with Crippen molar-refractivity contribution in [1.82, 2.24) is 10.2 Å². The Morgan fingerprint density at radius 2 is 1.92 bits per heavy atom. The van der Waals surface area contributed by atoms with E-state index < -0.39 is 23.9 Å². The molecule has 1 aromatic rings. The van der Waals surface area contributed by atoms with Crippen molar-refractivity contribution in [3.8, 4) is 0 Å². The third-order valence-electron chi connectivity index (χ3n) is 4.06. The van der Waals surface area contributed by atoms with Gasteiger partial charge in [0.25, 0.3) is 0 Å². The minimum absolute atomic E-state index is 0.100. The smallest absolute Gasteiger partial charge is 0.410 e. The third-order valence-corrected chi connectivity index (χ3v) is 4.06. The molecular formula is C19H28N2O5. The van der Waals surface area contributed by atoms with Gasteiger partial charge in [0, 0.05) is 19.0 Å². The first-order chi connectivity index (χ1) is 12.2. The number of nitrogens with zero attached hydrogens (tertiary/aromatic N) is 1. The van der Waals surface area contributed by atoms with E-state index in [0.717, 1.165) is 5.56 Å². The van der Waals surface area contributed by atoms with Crippen LogP contribution in [0.2, 0.25) is 0 Å². The number of hydrogen-bond donors (Lipinski definition) is 2. The van der Waals surface area contributed by atoms with Crippen LogP contribution in [0.25, 0.3) is 0 Å². The molecule has 2 atom stereocenters. The van der Waals surface area contributed by atoms with Crippen molar-refractivity contribution >= 4 is 12.2 Å². The molecule has 0 spiro atoms. The number of amides is 2. The van der Waals surface area contributed by atoms with Crippen molar-refractivity contribution < 1.29 is 24.2 Å². The Labute approximate surface area is 154 Å². The van der Waals surface area contributed by atoms with Crippen LogP contribution in [-0.2, 0) is 16.1 Å². The minimum Gasteiger partial charge on any atom is -0.445 e. The predicted molar refractivity (Wildman–Crippen MR) is 96.6 cm³/mol. The fourth-order valence-corrected chi connectivity index (χ4v) is 2.75. The zero-order valence-electron chi connectivity index (χ0n) is 15.6. The summed E-state index contributed by atoms with van der Waals surface area (Å²) in [6.45, 7) is 6.66. The average Bonchev–Trinajstić information content (AvgIpc) is 2.94. The first-order valence-electron chi connectivity index (χ1n) is 8.85. The number of β-amino-alcohol motifs (C(OH)–C–C–N with tert-alkyl or cyclic N) is 1. The number of hydrogen-bond acceptors (Lipinski definition) is 5. The summed E-state index contributed by atoms with van der Waals surface area (Å²) in [5, 5.41) is 12.8. The van der Waals surface area contributed by atoms with E-state index in [0.29, 0.717) is 19.5 Å². The van der Waals surface area contributed by atoms with Gasteiger partial charge in [0.15, 0.2) is 0 Å². The van der Waals surface area contributed by atoms with Crippen LogP contribution >= 0.6 is 0 Å². The van der Waals surface area contributed by atoms with Crippen molar-refractivity contribution in [3.63, 3.8) is 0 Å². The van der Waals surface area contributed by atoms with E-state index in [1.807, 2.05) is 30.3 Å². The summed E-state index contributed by atoms with van der Waals surface area (Å²) < 4.78 is 10.5. The van der Waals surface area contributed by atoms with Gasteiger partial charge in [-0.25, -0.2) is 9.59 Å². The molecule has 26 heavy (non-hydrogen) atoms. The number of likely N-dealkylation sites (tertiary alicyclic amines) is 1. The van der Waals surface area contributed by atoms with E-state index in [-0.39, 0.29) is 19.1 Å². The molecule has 7 nitrogen and oxygen atoms in total. The second-order valence-corrected chi connectivity index (χ2v) is 7.49. The number of ether oxygens (including phenoxy) is 2. The van der Waals surface area contributed by atoms with Crippen molar-refractivity contribution in [1.29, 1.82) is 0 Å². The molecule has 0 saturated carbocycles. The number of alkyl carbamates (subject to hydrolysis) is 1. The predicted octanol–water partition coefficient (Wildman–Crippen LogP) is 2.53. The molecule has 1 saturated heterocycles. The van der Waals surface area contributed by atoms with E-state index >= 15 is 0 Å². The lowest BCUT2D eigenvalue weighted by Crippen LogP contribution is -2.36. The molecule has 2 amide bonds. The molecule has 7 heteroatoms. The summed E-state index contributed by atoms with van der Waals surface area (Å²) in [6, 6.07) is 9.43. The van der Waals surface area contributed by atoms with Gasteiger partial charge in [0.05, 0.1) is 12.6 Å². The Morgan fingerprint density at radius 3 is 2.58 bits per heavy atom. The normalized spacial score (nSPS) is 19.9. The largest absolute Gasteiger partial charge is 0.445 e. The zero-order chi connectivity index (χ0) is 19.2. The second kappa shape index (κ2) is 8.89. The van der Waals surface area contributed by atoms with Crippen molar-refractivity contribution in [2.75, 3.05) is 19.6 Å². The number of carbonyl (C=O) groups excluding carboxylic acids is 2. The number of benzene rings is 1. The Bertz CT molecular complexity index is 600. The molecule has 2 rings (SSSR count). The lowest BCUT2D eigenvalue weighted by molar-refractivity contribution is 0.0269. The fraction of sp³-hybridized carbons (Fsp3) is 0.579. The molecule has 0 unspecified atom stereocenters. The van der Waals surface area contributed by atoms with Crippen LogP contribution < -0.4 is 5.32 Å². The maximum absolute atomic E-state index is 12.1. The monoisotopic (exact) mass is 364 g/mol. The number of nitrogens with one attached hydrogen (secondary N) is 1. The van der Waals surface area contributed by atoms with Gasteiger partial charge in [-0.15, -0.1) is 0 Å². The van der Waals surface area contributed by atoms with Crippen LogP contribution in [0.1, 0.15) is 32.8 Å². The van der Waals surface area contributed by atoms with Crippen LogP contribution in [0.5, 0.6) is 0 Å². The lowest BCUT2D eigenvalue weighted by Gasteiger charge is -2.24. The lowest BCUT2D eigenvalue weighted by atomic mass is 10.0. The van der Waals surface area contributed by atoms with E-state index in [4.69, 9.17) is 9.47 Å². The Morgan fingerprint density at radius 1 is 1.23 bits per heavy atom. The summed E-state index contributed by atoms with van der Waals surface area (Å²) in [5.74, 6) is -0.100. The molecule has 1 aliphatic heterocycles. The number of rotatable bonds is 5. The molecule has 144 valence electrons. The van der Waals surface area contributed by atoms with E-state index in [1.165, 1.54) is 4.90 Å². The Kier molecular flexibility index (Phi) is 6.85. The second-order valence-electron chi connectivity index (χ2n) is 7.49.